The number of nitriles is 1. The van der Waals surface area contributed by atoms with E-state index in [1.807, 2.05) is 25.1 Å². The number of hydrogen-bond donors (Lipinski definition) is 1. The van der Waals surface area contributed by atoms with Gasteiger partial charge in [0.15, 0.2) is 0 Å². The first-order chi connectivity index (χ1) is 14.0. The van der Waals surface area contributed by atoms with Crippen LogP contribution in [-0.4, -0.2) is 10.8 Å². The van der Waals surface area contributed by atoms with Gasteiger partial charge in [-0.05, 0) is 36.2 Å². The number of aryl methyl sites for hydroxylation is 1. The quantitative estimate of drug-likeness (QED) is 0.278. The standard InChI is InChI=1S/C22H17N3O4/c1-2-15-6-8-18(9-7-15)24-22(26)17(14-23)13-20-10-11-21(29-20)16-4-3-5-19(12-16)25(27)28/h3-13H,2H2,1H3,(H,24,26)/b17-13+. The van der Waals surface area contributed by atoms with E-state index in [9.17, 15) is 20.2 Å². The van der Waals surface area contributed by atoms with Gasteiger partial charge in [0, 0.05) is 29.5 Å². The van der Waals surface area contributed by atoms with Gasteiger partial charge in [0.25, 0.3) is 11.6 Å². The maximum absolute atomic E-state index is 12.4. The topological polar surface area (TPSA) is 109 Å². The molecule has 7 nitrogen and oxygen atoms in total. The highest BCUT2D eigenvalue weighted by Crippen LogP contribution is 2.26. The van der Waals surface area contributed by atoms with Gasteiger partial charge < -0.3 is 9.73 Å². The van der Waals surface area contributed by atoms with Crippen LogP contribution < -0.4 is 5.32 Å². The monoisotopic (exact) mass is 387 g/mol. The van der Waals surface area contributed by atoms with Crippen LogP contribution in [-0.2, 0) is 11.2 Å². The van der Waals surface area contributed by atoms with Gasteiger partial charge in [-0.3, -0.25) is 14.9 Å². The highest BCUT2D eigenvalue weighted by molar-refractivity contribution is 6.09. The van der Waals surface area contributed by atoms with Crippen molar-refractivity contribution >= 4 is 23.4 Å². The van der Waals surface area contributed by atoms with Crippen LogP contribution in [0.2, 0.25) is 0 Å². The molecule has 0 fully saturated rings. The van der Waals surface area contributed by atoms with Gasteiger partial charge in [0.2, 0.25) is 0 Å². The molecule has 1 amide bonds. The minimum absolute atomic E-state index is 0.0535. The smallest absolute Gasteiger partial charge is 0.270 e. The summed E-state index contributed by atoms with van der Waals surface area (Å²) in [5, 5.41) is 22.9. The lowest BCUT2D eigenvalue weighted by molar-refractivity contribution is -0.384. The summed E-state index contributed by atoms with van der Waals surface area (Å²) in [6.07, 6.45) is 2.22. The third-order valence-electron chi connectivity index (χ3n) is 4.24. The number of rotatable bonds is 6. The molecule has 0 bridgehead atoms. The van der Waals surface area contributed by atoms with Crippen molar-refractivity contribution in [2.24, 2.45) is 0 Å². The van der Waals surface area contributed by atoms with Crippen molar-refractivity contribution in [3.63, 3.8) is 0 Å². The Morgan fingerprint density at radius 3 is 2.62 bits per heavy atom. The summed E-state index contributed by atoms with van der Waals surface area (Å²) < 4.78 is 5.64. The molecule has 0 atom stereocenters. The third-order valence-corrected chi connectivity index (χ3v) is 4.24. The molecular formula is C22H17N3O4. The molecule has 144 valence electrons. The maximum atomic E-state index is 12.4. The number of non-ortho nitro benzene ring substituents is 1. The van der Waals surface area contributed by atoms with Crippen LogP contribution >= 0.6 is 0 Å². The Morgan fingerprint density at radius 1 is 1.21 bits per heavy atom. The number of nitro groups is 1. The number of nitrogens with zero attached hydrogens (tertiary/aromatic N) is 2. The van der Waals surface area contributed by atoms with E-state index in [1.54, 1.807) is 36.4 Å². The lowest BCUT2D eigenvalue weighted by atomic mass is 10.1. The average Bonchev–Trinajstić information content (AvgIpc) is 3.21. The SMILES string of the molecule is CCc1ccc(NC(=O)/C(C#N)=C/c2ccc(-c3cccc([N+](=O)[O-])c3)o2)cc1. The summed E-state index contributed by atoms with van der Waals surface area (Å²) in [7, 11) is 0. The Balaban J connectivity index is 1.79. The van der Waals surface area contributed by atoms with E-state index in [4.69, 9.17) is 4.42 Å². The Kier molecular flexibility index (Phi) is 5.85. The number of carbonyl (C=O) groups is 1. The third kappa shape index (κ3) is 4.76. The van der Waals surface area contributed by atoms with E-state index in [0.717, 1.165) is 12.0 Å². The first-order valence-electron chi connectivity index (χ1n) is 8.87. The number of carbonyl (C=O) groups excluding carboxylic acids is 1. The van der Waals surface area contributed by atoms with Crippen molar-refractivity contribution in [3.05, 3.63) is 87.7 Å². The molecule has 7 heteroatoms. The molecule has 0 saturated carbocycles. The van der Waals surface area contributed by atoms with E-state index in [1.165, 1.54) is 18.2 Å². The van der Waals surface area contributed by atoms with E-state index in [2.05, 4.69) is 5.32 Å². The first kappa shape index (κ1) is 19.6. The molecule has 1 aromatic heterocycles. The molecule has 0 saturated heterocycles. The van der Waals surface area contributed by atoms with E-state index < -0.39 is 10.8 Å². The van der Waals surface area contributed by atoms with E-state index in [-0.39, 0.29) is 11.3 Å². The Labute approximate surface area is 167 Å². The minimum atomic E-state index is -0.551. The molecule has 3 rings (SSSR count). The minimum Gasteiger partial charge on any atom is -0.457 e. The number of hydrogen-bond acceptors (Lipinski definition) is 5. The second-order valence-corrected chi connectivity index (χ2v) is 6.18. The Hall–Kier alpha value is -4.18. The number of nitro benzene ring substituents is 1. The number of anilines is 1. The first-order valence-corrected chi connectivity index (χ1v) is 8.87. The van der Waals surface area contributed by atoms with Crippen LogP contribution in [0.15, 0.2) is 70.7 Å². The van der Waals surface area contributed by atoms with Crippen LogP contribution in [0.4, 0.5) is 11.4 Å². The number of amides is 1. The zero-order valence-corrected chi connectivity index (χ0v) is 15.6. The van der Waals surface area contributed by atoms with Gasteiger partial charge >= 0.3 is 0 Å². The predicted octanol–water partition coefficient (Wildman–Crippen LogP) is 4.96. The largest absolute Gasteiger partial charge is 0.457 e. The molecule has 0 aliphatic carbocycles. The predicted molar refractivity (Wildman–Crippen MR) is 109 cm³/mol. The highest BCUT2D eigenvalue weighted by atomic mass is 16.6. The molecule has 0 radical (unpaired) electrons. The fraction of sp³-hybridized carbons (Fsp3) is 0.0909. The van der Waals surface area contributed by atoms with E-state index in [0.29, 0.717) is 22.8 Å². The van der Waals surface area contributed by atoms with Gasteiger partial charge in [0.05, 0.1) is 4.92 Å². The molecule has 1 heterocycles. The van der Waals surface area contributed by atoms with Crippen molar-refractivity contribution < 1.29 is 14.1 Å². The lowest BCUT2D eigenvalue weighted by Crippen LogP contribution is -2.13. The number of nitrogens with one attached hydrogen (secondary N) is 1. The van der Waals surface area contributed by atoms with Crippen LogP contribution in [0.3, 0.4) is 0 Å². The number of furan rings is 1. The molecule has 0 aliphatic rings. The van der Waals surface area contributed by atoms with Gasteiger partial charge in [-0.25, -0.2) is 0 Å². The van der Waals surface area contributed by atoms with Gasteiger partial charge in [-0.15, -0.1) is 0 Å². The summed E-state index contributed by atoms with van der Waals surface area (Å²) in [5.41, 5.74) is 2.08. The molecule has 0 spiro atoms. The van der Waals surface area contributed by atoms with Crippen molar-refractivity contribution in [1.82, 2.24) is 0 Å². The summed E-state index contributed by atoms with van der Waals surface area (Å²) in [4.78, 5) is 22.8. The van der Waals surface area contributed by atoms with Crippen molar-refractivity contribution in [2.45, 2.75) is 13.3 Å². The molecular weight excluding hydrogens is 370 g/mol. The summed E-state index contributed by atoms with van der Waals surface area (Å²) in [6.45, 7) is 2.04. The highest BCUT2D eigenvalue weighted by Gasteiger charge is 2.13. The maximum Gasteiger partial charge on any atom is 0.270 e. The molecule has 1 N–H and O–H groups in total. The Bertz CT molecular complexity index is 1120. The zero-order valence-electron chi connectivity index (χ0n) is 15.6. The second-order valence-electron chi connectivity index (χ2n) is 6.18. The normalized spacial score (nSPS) is 11.0. The molecule has 0 unspecified atom stereocenters. The van der Waals surface area contributed by atoms with E-state index >= 15 is 0 Å². The zero-order chi connectivity index (χ0) is 20.8. The summed E-state index contributed by atoms with van der Waals surface area (Å²) in [6, 6.07) is 18.5. The Morgan fingerprint density at radius 2 is 1.97 bits per heavy atom. The molecule has 0 aliphatic heterocycles. The molecule has 2 aromatic carbocycles. The summed E-state index contributed by atoms with van der Waals surface area (Å²) in [5.74, 6) is 0.136. The van der Waals surface area contributed by atoms with Gasteiger partial charge in [0.1, 0.15) is 23.2 Å². The van der Waals surface area contributed by atoms with Crippen molar-refractivity contribution in [2.75, 3.05) is 5.32 Å². The number of benzene rings is 2. The van der Waals surface area contributed by atoms with Crippen LogP contribution in [0.5, 0.6) is 0 Å². The van der Waals surface area contributed by atoms with Gasteiger partial charge in [-0.2, -0.15) is 5.26 Å². The lowest BCUT2D eigenvalue weighted by Gasteiger charge is -2.05. The summed E-state index contributed by atoms with van der Waals surface area (Å²) >= 11 is 0. The second kappa shape index (κ2) is 8.67. The molecule has 29 heavy (non-hydrogen) atoms. The van der Waals surface area contributed by atoms with Crippen molar-refractivity contribution in [1.29, 1.82) is 5.26 Å². The van der Waals surface area contributed by atoms with Crippen LogP contribution in [0.1, 0.15) is 18.2 Å². The van der Waals surface area contributed by atoms with Crippen molar-refractivity contribution in [3.8, 4) is 17.4 Å². The molecule has 3 aromatic rings. The van der Waals surface area contributed by atoms with Crippen LogP contribution in [0.25, 0.3) is 17.4 Å². The van der Waals surface area contributed by atoms with Crippen LogP contribution in [0, 0.1) is 21.4 Å². The average molecular weight is 387 g/mol. The fourth-order valence-electron chi connectivity index (χ4n) is 2.67. The van der Waals surface area contributed by atoms with Gasteiger partial charge in [-0.1, -0.05) is 31.2 Å². The fourth-order valence-corrected chi connectivity index (χ4v) is 2.67.